The third-order valence-electron chi connectivity index (χ3n) is 3.01. The van der Waals surface area contributed by atoms with Crippen LogP contribution >= 0.6 is 0 Å². The number of hydrogen-bond acceptors (Lipinski definition) is 5. The number of carbonyl (C=O) groups is 1. The van der Waals surface area contributed by atoms with Crippen LogP contribution in [0, 0.1) is 5.92 Å². The maximum absolute atomic E-state index is 12.2. The van der Waals surface area contributed by atoms with Gasteiger partial charge in [-0.05, 0) is 12.0 Å². The van der Waals surface area contributed by atoms with E-state index in [1.54, 1.807) is 6.07 Å². The number of rotatable bonds is 6. The fourth-order valence-corrected chi connectivity index (χ4v) is 1.88. The van der Waals surface area contributed by atoms with Crippen molar-refractivity contribution in [2.45, 2.75) is 13.0 Å². The molecule has 1 heterocycles. The van der Waals surface area contributed by atoms with Gasteiger partial charge in [0.05, 0.1) is 6.54 Å². The maximum Gasteiger partial charge on any atom is 0.231 e. The molecule has 2 aromatic rings. The summed E-state index contributed by atoms with van der Waals surface area (Å²) in [7, 11) is 0. The SMILES string of the molecule is N/C(=N/O)C(Cc1ccccc1)C(=O)NCc1ccon1. The molecule has 0 aliphatic rings. The molecule has 0 saturated heterocycles. The highest BCUT2D eigenvalue weighted by Gasteiger charge is 2.23. The van der Waals surface area contributed by atoms with E-state index in [4.69, 9.17) is 10.9 Å². The van der Waals surface area contributed by atoms with Crippen molar-refractivity contribution in [3.63, 3.8) is 0 Å². The fraction of sp³-hybridized carbons (Fsp3) is 0.214. The van der Waals surface area contributed by atoms with Gasteiger partial charge in [-0.3, -0.25) is 4.79 Å². The number of benzene rings is 1. The Morgan fingerprint density at radius 1 is 1.38 bits per heavy atom. The third-order valence-corrected chi connectivity index (χ3v) is 3.01. The zero-order valence-corrected chi connectivity index (χ0v) is 11.3. The van der Waals surface area contributed by atoms with Crippen molar-refractivity contribution in [1.82, 2.24) is 10.5 Å². The number of amidine groups is 1. The second-order valence-electron chi connectivity index (χ2n) is 4.48. The Labute approximate surface area is 121 Å². The standard InChI is InChI=1S/C14H16N4O3/c15-13(17-20)12(8-10-4-2-1-3-5-10)14(19)16-9-11-6-7-21-18-11/h1-7,12,20H,8-9H2,(H2,15,17)(H,16,19). The number of aromatic nitrogens is 1. The van der Waals surface area contributed by atoms with Gasteiger partial charge < -0.3 is 20.8 Å². The first-order chi connectivity index (χ1) is 10.2. The molecule has 0 saturated carbocycles. The van der Waals surface area contributed by atoms with Crippen LogP contribution in [0.15, 0.2) is 52.3 Å². The van der Waals surface area contributed by atoms with Crippen molar-refractivity contribution in [2.75, 3.05) is 0 Å². The first-order valence-electron chi connectivity index (χ1n) is 6.39. The van der Waals surface area contributed by atoms with Crippen LogP contribution in [0.5, 0.6) is 0 Å². The second kappa shape index (κ2) is 7.09. The van der Waals surface area contributed by atoms with Crippen molar-refractivity contribution in [2.24, 2.45) is 16.8 Å². The number of nitrogens with one attached hydrogen (secondary N) is 1. The summed E-state index contributed by atoms with van der Waals surface area (Å²) in [6, 6.07) is 11.0. The lowest BCUT2D eigenvalue weighted by molar-refractivity contribution is -0.123. The monoisotopic (exact) mass is 288 g/mol. The summed E-state index contributed by atoms with van der Waals surface area (Å²) in [6.45, 7) is 0.222. The van der Waals surface area contributed by atoms with Crippen LogP contribution < -0.4 is 11.1 Å². The van der Waals surface area contributed by atoms with E-state index in [9.17, 15) is 4.79 Å². The van der Waals surface area contributed by atoms with E-state index in [0.29, 0.717) is 12.1 Å². The molecule has 2 rings (SSSR count). The summed E-state index contributed by atoms with van der Waals surface area (Å²) >= 11 is 0. The van der Waals surface area contributed by atoms with Crippen LogP contribution in [0.2, 0.25) is 0 Å². The topological polar surface area (TPSA) is 114 Å². The molecule has 1 unspecified atom stereocenters. The lowest BCUT2D eigenvalue weighted by atomic mass is 9.97. The van der Waals surface area contributed by atoms with Gasteiger partial charge in [0.1, 0.15) is 17.9 Å². The average Bonchev–Trinajstić information content (AvgIpc) is 3.04. The molecule has 0 aliphatic heterocycles. The molecular weight excluding hydrogens is 272 g/mol. The molecule has 0 fully saturated rings. The van der Waals surface area contributed by atoms with Crippen LogP contribution in [0.25, 0.3) is 0 Å². The number of nitrogens with two attached hydrogens (primary N) is 1. The minimum absolute atomic E-state index is 0.128. The molecule has 1 atom stereocenters. The van der Waals surface area contributed by atoms with Crippen molar-refractivity contribution < 1.29 is 14.5 Å². The van der Waals surface area contributed by atoms with Gasteiger partial charge in [-0.2, -0.15) is 0 Å². The molecule has 0 radical (unpaired) electrons. The summed E-state index contributed by atoms with van der Waals surface area (Å²) in [4.78, 5) is 12.2. The van der Waals surface area contributed by atoms with E-state index in [2.05, 4.69) is 20.2 Å². The van der Waals surface area contributed by atoms with E-state index in [1.807, 2.05) is 30.3 Å². The van der Waals surface area contributed by atoms with E-state index < -0.39 is 5.92 Å². The maximum atomic E-state index is 12.2. The molecule has 110 valence electrons. The summed E-state index contributed by atoms with van der Waals surface area (Å²) in [5.74, 6) is -1.21. The largest absolute Gasteiger partial charge is 0.409 e. The molecule has 0 spiro atoms. The Balaban J connectivity index is 2.03. The normalized spacial score (nSPS) is 12.9. The Morgan fingerprint density at radius 3 is 2.76 bits per heavy atom. The third kappa shape index (κ3) is 4.07. The predicted molar refractivity (Wildman–Crippen MR) is 75.4 cm³/mol. The van der Waals surface area contributed by atoms with Gasteiger partial charge in [-0.25, -0.2) is 0 Å². The summed E-state index contributed by atoms with van der Waals surface area (Å²) < 4.78 is 4.68. The Kier molecular flexibility index (Phi) is 4.92. The highest BCUT2D eigenvalue weighted by molar-refractivity contribution is 6.02. The Bertz CT molecular complexity index is 596. The summed E-state index contributed by atoms with van der Waals surface area (Å²) in [5, 5.41) is 18.2. The van der Waals surface area contributed by atoms with Crippen molar-refractivity contribution in [3.05, 3.63) is 53.9 Å². The Hall–Kier alpha value is -2.83. The molecule has 4 N–H and O–H groups in total. The van der Waals surface area contributed by atoms with Crippen molar-refractivity contribution in [3.8, 4) is 0 Å². The van der Waals surface area contributed by atoms with Crippen LogP contribution in [0.1, 0.15) is 11.3 Å². The second-order valence-corrected chi connectivity index (χ2v) is 4.48. The Morgan fingerprint density at radius 2 is 2.14 bits per heavy atom. The van der Waals surface area contributed by atoms with E-state index in [-0.39, 0.29) is 18.3 Å². The molecule has 21 heavy (non-hydrogen) atoms. The van der Waals surface area contributed by atoms with E-state index in [1.165, 1.54) is 6.26 Å². The van der Waals surface area contributed by atoms with Gasteiger partial charge in [-0.1, -0.05) is 40.6 Å². The van der Waals surface area contributed by atoms with Crippen molar-refractivity contribution in [1.29, 1.82) is 0 Å². The highest BCUT2D eigenvalue weighted by atomic mass is 16.5. The van der Waals surface area contributed by atoms with Crippen LogP contribution in [-0.4, -0.2) is 22.1 Å². The summed E-state index contributed by atoms with van der Waals surface area (Å²) in [5.41, 5.74) is 7.14. The van der Waals surface area contributed by atoms with Gasteiger partial charge in [0.15, 0.2) is 5.84 Å². The average molecular weight is 288 g/mol. The van der Waals surface area contributed by atoms with Crippen LogP contribution in [-0.2, 0) is 17.8 Å². The molecule has 0 bridgehead atoms. The van der Waals surface area contributed by atoms with Gasteiger partial charge in [0.25, 0.3) is 0 Å². The number of amides is 1. The number of oxime groups is 1. The van der Waals surface area contributed by atoms with Gasteiger partial charge in [0.2, 0.25) is 5.91 Å². The minimum atomic E-state index is -0.746. The first kappa shape index (κ1) is 14.6. The molecule has 7 nitrogen and oxygen atoms in total. The van der Waals surface area contributed by atoms with Gasteiger partial charge in [-0.15, -0.1) is 0 Å². The van der Waals surface area contributed by atoms with E-state index >= 15 is 0 Å². The number of nitrogens with zero attached hydrogens (tertiary/aromatic N) is 2. The van der Waals surface area contributed by atoms with Crippen LogP contribution in [0.3, 0.4) is 0 Å². The lowest BCUT2D eigenvalue weighted by Crippen LogP contribution is -2.40. The lowest BCUT2D eigenvalue weighted by Gasteiger charge is -2.15. The zero-order valence-electron chi connectivity index (χ0n) is 11.3. The van der Waals surface area contributed by atoms with Gasteiger partial charge >= 0.3 is 0 Å². The fourth-order valence-electron chi connectivity index (χ4n) is 1.88. The molecule has 0 aliphatic carbocycles. The molecule has 1 aromatic carbocycles. The smallest absolute Gasteiger partial charge is 0.231 e. The minimum Gasteiger partial charge on any atom is -0.409 e. The molecule has 1 amide bonds. The van der Waals surface area contributed by atoms with Crippen LogP contribution in [0.4, 0.5) is 0 Å². The molecule has 1 aromatic heterocycles. The predicted octanol–water partition coefficient (Wildman–Crippen LogP) is 0.896. The first-order valence-corrected chi connectivity index (χ1v) is 6.39. The molecular formula is C14H16N4O3. The van der Waals surface area contributed by atoms with E-state index in [0.717, 1.165) is 5.56 Å². The number of carbonyl (C=O) groups excluding carboxylic acids is 1. The summed E-state index contributed by atoms with van der Waals surface area (Å²) in [6.07, 6.45) is 1.77. The van der Waals surface area contributed by atoms with Gasteiger partial charge in [0, 0.05) is 6.07 Å². The zero-order chi connectivity index (χ0) is 15.1. The van der Waals surface area contributed by atoms with Crippen molar-refractivity contribution >= 4 is 11.7 Å². The highest BCUT2D eigenvalue weighted by Crippen LogP contribution is 2.10. The molecule has 7 heteroatoms. The number of hydrogen-bond donors (Lipinski definition) is 3. The quantitative estimate of drug-likeness (QED) is 0.316.